The standard InChI is InChI=1S/C22H13F3N4O/c1-12-2-7-15(21(25)27-12)20-16-8-18(23)19(24)9-17(16)22(30)29(28-20)11-14-5-3-13(10-26)4-6-14/h2-9H,11H2,1H3. The van der Waals surface area contributed by atoms with Crippen LogP contribution in [0.2, 0.25) is 0 Å². The van der Waals surface area contributed by atoms with Crippen molar-refractivity contribution in [3.8, 4) is 17.3 Å². The molecule has 0 radical (unpaired) electrons. The molecule has 5 nitrogen and oxygen atoms in total. The van der Waals surface area contributed by atoms with Gasteiger partial charge in [-0.1, -0.05) is 12.1 Å². The molecule has 2 aromatic carbocycles. The maximum Gasteiger partial charge on any atom is 0.275 e. The second kappa shape index (κ2) is 7.44. The lowest BCUT2D eigenvalue weighted by atomic mass is 10.1. The minimum atomic E-state index is -1.19. The van der Waals surface area contributed by atoms with Crippen molar-refractivity contribution < 1.29 is 13.2 Å². The molecule has 148 valence electrons. The monoisotopic (exact) mass is 406 g/mol. The number of benzene rings is 2. The predicted octanol–water partition coefficient (Wildman–Crippen LogP) is 4.10. The minimum Gasteiger partial charge on any atom is -0.267 e. The number of hydrogen-bond acceptors (Lipinski definition) is 4. The van der Waals surface area contributed by atoms with Gasteiger partial charge < -0.3 is 0 Å². The fraction of sp³-hybridized carbons (Fsp3) is 0.0909. The van der Waals surface area contributed by atoms with Crippen molar-refractivity contribution in [2.24, 2.45) is 0 Å². The Bertz CT molecular complexity index is 1390. The van der Waals surface area contributed by atoms with Gasteiger partial charge in [-0.25, -0.2) is 18.4 Å². The van der Waals surface area contributed by atoms with Gasteiger partial charge in [0.25, 0.3) is 5.56 Å². The van der Waals surface area contributed by atoms with E-state index in [2.05, 4.69) is 10.1 Å². The maximum absolute atomic E-state index is 14.5. The van der Waals surface area contributed by atoms with Crippen LogP contribution in [0.1, 0.15) is 16.8 Å². The Morgan fingerprint density at radius 1 is 1.00 bits per heavy atom. The van der Waals surface area contributed by atoms with E-state index in [4.69, 9.17) is 5.26 Å². The maximum atomic E-state index is 14.5. The molecule has 0 bridgehead atoms. The van der Waals surface area contributed by atoms with Gasteiger partial charge in [-0.05, 0) is 48.9 Å². The first-order valence-electron chi connectivity index (χ1n) is 8.90. The molecular weight excluding hydrogens is 393 g/mol. The van der Waals surface area contributed by atoms with Crippen LogP contribution in [0.25, 0.3) is 22.0 Å². The van der Waals surface area contributed by atoms with E-state index in [-0.39, 0.29) is 28.6 Å². The van der Waals surface area contributed by atoms with Gasteiger partial charge >= 0.3 is 0 Å². The summed E-state index contributed by atoms with van der Waals surface area (Å²) >= 11 is 0. The average Bonchev–Trinajstić information content (AvgIpc) is 2.72. The number of rotatable bonds is 3. The van der Waals surface area contributed by atoms with Gasteiger partial charge in [-0.15, -0.1) is 0 Å². The first kappa shape index (κ1) is 19.3. The van der Waals surface area contributed by atoms with Crippen molar-refractivity contribution in [3.05, 3.63) is 93.3 Å². The quantitative estimate of drug-likeness (QED) is 0.480. The van der Waals surface area contributed by atoms with E-state index < -0.39 is 23.1 Å². The fourth-order valence-electron chi connectivity index (χ4n) is 3.14. The van der Waals surface area contributed by atoms with E-state index in [0.29, 0.717) is 16.8 Å². The molecule has 0 saturated heterocycles. The lowest BCUT2D eigenvalue weighted by Gasteiger charge is -2.12. The molecule has 0 saturated carbocycles. The zero-order chi connectivity index (χ0) is 21.4. The molecule has 0 aliphatic heterocycles. The van der Waals surface area contributed by atoms with Crippen LogP contribution in [0, 0.1) is 35.8 Å². The van der Waals surface area contributed by atoms with Gasteiger partial charge in [0.1, 0.15) is 5.69 Å². The summed E-state index contributed by atoms with van der Waals surface area (Å²) in [6.45, 7) is 1.60. The van der Waals surface area contributed by atoms with Crippen molar-refractivity contribution in [2.75, 3.05) is 0 Å². The summed E-state index contributed by atoms with van der Waals surface area (Å²) < 4.78 is 43.4. The number of nitriles is 1. The molecule has 2 heterocycles. The van der Waals surface area contributed by atoms with Gasteiger partial charge in [0, 0.05) is 11.1 Å². The van der Waals surface area contributed by atoms with Crippen molar-refractivity contribution >= 4 is 10.8 Å². The molecular formula is C22H13F3N4O. The Labute approximate surface area is 168 Å². The Balaban J connectivity index is 1.97. The summed E-state index contributed by atoms with van der Waals surface area (Å²) in [4.78, 5) is 16.7. The van der Waals surface area contributed by atoms with E-state index in [0.717, 1.165) is 16.8 Å². The van der Waals surface area contributed by atoms with Crippen molar-refractivity contribution in [3.63, 3.8) is 0 Å². The smallest absolute Gasteiger partial charge is 0.267 e. The third-order valence-corrected chi connectivity index (χ3v) is 4.66. The first-order chi connectivity index (χ1) is 14.4. The number of pyridine rings is 1. The second-order valence-corrected chi connectivity index (χ2v) is 6.72. The molecule has 0 aliphatic rings. The third-order valence-electron chi connectivity index (χ3n) is 4.66. The lowest BCUT2D eigenvalue weighted by Crippen LogP contribution is -2.25. The van der Waals surface area contributed by atoms with Crippen molar-refractivity contribution in [2.45, 2.75) is 13.5 Å². The Morgan fingerprint density at radius 2 is 1.67 bits per heavy atom. The minimum absolute atomic E-state index is 0.00656. The third kappa shape index (κ3) is 3.42. The molecule has 0 fully saturated rings. The highest BCUT2D eigenvalue weighted by Crippen LogP contribution is 2.28. The second-order valence-electron chi connectivity index (χ2n) is 6.72. The SMILES string of the molecule is Cc1ccc(-c2nn(Cc3ccc(C#N)cc3)c(=O)c3cc(F)c(F)cc23)c(F)n1. The summed E-state index contributed by atoms with van der Waals surface area (Å²) in [5.41, 5.74) is 0.816. The van der Waals surface area contributed by atoms with Crippen molar-refractivity contribution in [1.29, 1.82) is 5.26 Å². The summed E-state index contributed by atoms with van der Waals surface area (Å²) in [5, 5.41) is 13.0. The molecule has 0 spiro atoms. The zero-order valence-corrected chi connectivity index (χ0v) is 15.7. The van der Waals surface area contributed by atoms with Crippen LogP contribution in [0.5, 0.6) is 0 Å². The van der Waals surface area contributed by atoms with E-state index in [1.165, 1.54) is 6.07 Å². The molecule has 0 atom stereocenters. The molecule has 2 aromatic heterocycles. The summed E-state index contributed by atoms with van der Waals surface area (Å²) in [6.07, 6.45) is 0. The van der Waals surface area contributed by atoms with Gasteiger partial charge in [-0.3, -0.25) is 4.79 Å². The molecule has 0 aliphatic carbocycles. The molecule has 0 unspecified atom stereocenters. The van der Waals surface area contributed by atoms with Crippen molar-refractivity contribution in [1.82, 2.24) is 14.8 Å². The Morgan fingerprint density at radius 3 is 2.30 bits per heavy atom. The highest BCUT2D eigenvalue weighted by atomic mass is 19.2. The molecule has 8 heteroatoms. The molecule has 0 amide bonds. The summed E-state index contributed by atoms with van der Waals surface area (Å²) in [5.74, 6) is -3.20. The number of hydrogen-bond donors (Lipinski definition) is 0. The predicted molar refractivity (Wildman–Crippen MR) is 104 cm³/mol. The summed E-state index contributed by atoms with van der Waals surface area (Å²) in [7, 11) is 0. The number of fused-ring (bicyclic) bond motifs is 1. The van der Waals surface area contributed by atoms with Crippen LogP contribution in [0.4, 0.5) is 13.2 Å². The first-order valence-corrected chi connectivity index (χ1v) is 8.90. The normalized spacial score (nSPS) is 10.9. The van der Waals surface area contributed by atoms with Gasteiger partial charge in [0.05, 0.1) is 29.1 Å². The average molecular weight is 406 g/mol. The number of aromatic nitrogens is 3. The summed E-state index contributed by atoms with van der Waals surface area (Å²) in [6, 6.07) is 13.1. The highest BCUT2D eigenvalue weighted by Gasteiger charge is 2.19. The van der Waals surface area contributed by atoms with E-state index in [1.807, 2.05) is 6.07 Å². The fourth-order valence-corrected chi connectivity index (χ4v) is 3.14. The van der Waals surface area contributed by atoms with E-state index >= 15 is 0 Å². The van der Waals surface area contributed by atoms with Crippen LogP contribution in [0.3, 0.4) is 0 Å². The van der Waals surface area contributed by atoms with Gasteiger partial charge in [0.2, 0.25) is 5.95 Å². The lowest BCUT2D eigenvalue weighted by molar-refractivity contribution is 0.510. The van der Waals surface area contributed by atoms with E-state index in [9.17, 15) is 18.0 Å². The number of aryl methyl sites for hydroxylation is 1. The number of halogens is 3. The van der Waals surface area contributed by atoms with Crippen LogP contribution in [0.15, 0.2) is 53.3 Å². The molecule has 30 heavy (non-hydrogen) atoms. The Hall–Kier alpha value is -3.99. The van der Waals surface area contributed by atoms with Gasteiger partial charge in [0.15, 0.2) is 11.6 Å². The highest BCUT2D eigenvalue weighted by molar-refractivity contribution is 5.93. The zero-order valence-electron chi connectivity index (χ0n) is 15.7. The van der Waals surface area contributed by atoms with E-state index in [1.54, 1.807) is 37.3 Å². The molecule has 0 N–H and O–H groups in total. The largest absolute Gasteiger partial charge is 0.275 e. The van der Waals surface area contributed by atoms with Crippen LogP contribution in [-0.4, -0.2) is 14.8 Å². The number of nitrogens with zero attached hydrogens (tertiary/aromatic N) is 4. The Kier molecular flexibility index (Phi) is 4.80. The van der Waals surface area contributed by atoms with Crippen LogP contribution in [-0.2, 0) is 6.54 Å². The topological polar surface area (TPSA) is 71.6 Å². The molecule has 4 aromatic rings. The van der Waals surface area contributed by atoms with Crippen LogP contribution >= 0.6 is 0 Å². The van der Waals surface area contributed by atoms with Gasteiger partial charge in [-0.2, -0.15) is 14.8 Å². The van der Waals surface area contributed by atoms with Crippen LogP contribution < -0.4 is 5.56 Å². The molecule has 4 rings (SSSR count).